The molecule has 0 aromatic heterocycles. The highest BCUT2D eigenvalue weighted by Gasteiger charge is 2.18. The van der Waals surface area contributed by atoms with Crippen molar-refractivity contribution in [3.8, 4) is 11.8 Å². The first-order chi connectivity index (χ1) is 13.6. The topological polar surface area (TPSA) is 68.6 Å². The van der Waals surface area contributed by atoms with E-state index < -0.39 is 5.91 Å². The number of hydrogen-bond acceptors (Lipinski definition) is 5. The van der Waals surface area contributed by atoms with Gasteiger partial charge < -0.3 is 19.9 Å². The molecule has 144 valence electrons. The van der Waals surface area contributed by atoms with Crippen molar-refractivity contribution in [2.45, 2.75) is 0 Å². The molecule has 0 bridgehead atoms. The zero-order valence-corrected chi connectivity index (χ0v) is 16.3. The SMILES string of the molecule is COc1ccc(NC(=O)/C(C#N)=C\N2CCN(c3cccc(Cl)c3)CC2)cc1. The lowest BCUT2D eigenvalue weighted by Gasteiger charge is -2.35. The molecule has 28 heavy (non-hydrogen) atoms. The minimum atomic E-state index is -0.426. The maximum absolute atomic E-state index is 12.4. The van der Waals surface area contributed by atoms with Crippen molar-refractivity contribution in [2.24, 2.45) is 0 Å². The molecule has 1 aliphatic heterocycles. The van der Waals surface area contributed by atoms with Gasteiger partial charge in [0.15, 0.2) is 0 Å². The van der Waals surface area contributed by atoms with Crippen LogP contribution < -0.4 is 15.0 Å². The molecular weight excluding hydrogens is 376 g/mol. The number of carbonyl (C=O) groups is 1. The number of ether oxygens (including phenoxy) is 1. The number of benzene rings is 2. The number of anilines is 2. The summed E-state index contributed by atoms with van der Waals surface area (Å²) in [6.07, 6.45) is 1.63. The highest BCUT2D eigenvalue weighted by Crippen LogP contribution is 2.21. The Morgan fingerprint density at radius 3 is 2.50 bits per heavy atom. The molecule has 0 aliphatic carbocycles. The second kappa shape index (κ2) is 9.16. The van der Waals surface area contributed by atoms with E-state index in [0.717, 1.165) is 18.8 Å². The molecule has 2 aromatic rings. The molecule has 0 radical (unpaired) electrons. The molecule has 0 spiro atoms. The fraction of sp³-hybridized carbons (Fsp3) is 0.238. The quantitative estimate of drug-likeness (QED) is 0.618. The van der Waals surface area contributed by atoms with Gasteiger partial charge in [-0.15, -0.1) is 0 Å². The van der Waals surface area contributed by atoms with Crippen LogP contribution in [0.2, 0.25) is 5.02 Å². The van der Waals surface area contributed by atoms with Gasteiger partial charge in [-0.1, -0.05) is 17.7 Å². The van der Waals surface area contributed by atoms with Crippen LogP contribution in [0.15, 0.2) is 60.3 Å². The second-order valence-electron chi connectivity index (χ2n) is 6.34. The number of carbonyl (C=O) groups excluding carboxylic acids is 1. The monoisotopic (exact) mass is 396 g/mol. The molecule has 1 saturated heterocycles. The Hall–Kier alpha value is -3.17. The van der Waals surface area contributed by atoms with Gasteiger partial charge >= 0.3 is 0 Å². The van der Waals surface area contributed by atoms with Gasteiger partial charge in [-0.3, -0.25) is 4.79 Å². The number of rotatable bonds is 5. The van der Waals surface area contributed by atoms with E-state index in [4.69, 9.17) is 16.3 Å². The average molecular weight is 397 g/mol. The van der Waals surface area contributed by atoms with Gasteiger partial charge in [-0.05, 0) is 42.5 Å². The highest BCUT2D eigenvalue weighted by atomic mass is 35.5. The minimum Gasteiger partial charge on any atom is -0.497 e. The van der Waals surface area contributed by atoms with Crippen molar-refractivity contribution in [1.29, 1.82) is 5.26 Å². The van der Waals surface area contributed by atoms with E-state index in [1.54, 1.807) is 37.6 Å². The van der Waals surface area contributed by atoms with Crippen LogP contribution in [-0.2, 0) is 4.79 Å². The first kappa shape index (κ1) is 19.6. The molecule has 0 saturated carbocycles. The third-order valence-corrected chi connectivity index (χ3v) is 4.75. The molecular formula is C21H21ClN4O2. The summed E-state index contributed by atoms with van der Waals surface area (Å²) < 4.78 is 5.10. The second-order valence-corrected chi connectivity index (χ2v) is 6.78. The van der Waals surface area contributed by atoms with Crippen LogP contribution in [0.4, 0.5) is 11.4 Å². The summed E-state index contributed by atoms with van der Waals surface area (Å²) in [6.45, 7) is 3.01. The number of halogens is 1. The van der Waals surface area contributed by atoms with Gasteiger partial charge in [0.1, 0.15) is 17.4 Å². The van der Waals surface area contributed by atoms with Crippen molar-refractivity contribution >= 4 is 28.9 Å². The highest BCUT2D eigenvalue weighted by molar-refractivity contribution is 6.30. The number of amides is 1. The number of hydrogen-bond donors (Lipinski definition) is 1. The van der Waals surface area contributed by atoms with Gasteiger partial charge in [0.2, 0.25) is 0 Å². The molecule has 1 aliphatic rings. The molecule has 6 nitrogen and oxygen atoms in total. The largest absolute Gasteiger partial charge is 0.497 e. The van der Waals surface area contributed by atoms with Gasteiger partial charge in [0, 0.05) is 48.8 Å². The van der Waals surface area contributed by atoms with E-state index in [1.165, 1.54) is 0 Å². The molecule has 3 rings (SSSR count). The number of nitriles is 1. The van der Waals surface area contributed by atoms with Crippen LogP contribution in [0.1, 0.15) is 0 Å². The van der Waals surface area contributed by atoms with E-state index in [-0.39, 0.29) is 5.57 Å². The minimum absolute atomic E-state index is 0.0759. The molecule has 2 aromatic carbocycles. The Labute approximate surface area is 169 Å². The van der Waals surface area contributed by atoms with E-state index in [0.29, 0.717) is 29.5 Å². The standard InChI is InChI=1S/C21H21ClN4O2/c1-28-20-7-5-18(6-8-20)24-21(27)16(14-23)15-25-9-11-26(12-10-25)19-4-2-3-17(22)13-19/h2-8,13,15H,9-12H2,1H3,(H,24,27)/b16-15-. The fourth-order valence-electron chi connectivity index (χ4n) is 2.98. The van der Waals surface area contributed by atoms with Crippen molar-refractivity contribution in [3.63, 3.8) is 0 Å². The summed E-state index contributed by atoms with van der Waals surface area (Å²) in [5, 5.41) is 12.8. The van der Waals surface area contributed by atoms with E-state index in [2.05, 4.69) is 10.2 Å². The normalized spacial score (nSPS) is 14.4. The van der Waals surface area contributed by atoms with E-state index >= 15 is 0 Å². The third kappa shape index (κ3) is 4.96. The Balaban J connectivity index is 1.60. The molecule has 0 unspecified atom stereocenters. The smallest absolute Gasteiger partial charge is 0.267 e. The molecule has 1 N–H and O–H groups in total. The lowest BCUT2D eigenvalue weighted by molar-refractivity contribution is -0.112. The van der Waals surface area contributed by atoms with Crippen LogP contribution in [0.3, 0.4) is 0 Å². The summed E-state index contributed by atoms with van der Waals surface area (Å²) in [5.41, 5.74) is 1.76. The molecule has 7 heteroatoms. The van der Waals surface area contributed by atoms with Gasteiger partial charge in [-0.25, -0.2) is 0 Å². The summed E-state index contributed by atoms with van der Waals surface area (Å²) in [5.74, 6) is 0.275. The summed E-state index contributed by atoms with van der Waals surface area (Å²) in [7, 11) is 1.58. The molecule has 1 fully saturated rings. The summed E-state index contributed by atoms with van der Waals surface area (Å²) in [6, 6.07) is 16.7. The van der Waals surface area contributed by atoms with Crippen molar-refractivity contribution in [2.75, 3.05) is 43.5 Å². The number of methoxy groups -OCH3 is 1. The van der Waals surface area contributed by atoms with Gasteiger partial charge in [0.25, 0.3) is 5.91 Å². The summed E-state index contributed by atoms with van der Waals surface area (Å²) in [4.78, 5) is 16.6. The Bertz CT molecular complexity index is 897. The Morgan fingerprint density at radius 1 is 1.18 bits per heavy atom. The van der Waals surface area contributed by atoms with E-state index in [1.807, 2.05) is 35.2 Å². The number of piperazine rings is 1. The predicted molar refractivity (Wildman–Crippen MR) is 111 cm³/mol. The van der Waals surface area contributed by atoms with Crippen LogP contribution in [-0.4, -0.2) is 44.1 Å². The zero-order chi connectivity index (χ0) is 19.9. The maximum atomic E-state index is 12.4. The lowest BCUT2D eigenvalue weighted by atomic mass is 10.2. The zero-order valence-electron chi connectivity index (χ0n) is 15.6. The van der Waals surface area contributed by atoms with Crippen molar-refractivity contribution < 1.29 is 9.53 Å². The fourth-order valence-corrected chi connectivity index (χ4v) is 3.16. The van der Waals surface area contributed by atoms with Gasteiger partial charge in [0.05, 0.1) is 7.11 Å². The summed E-state index contributed by atoms with van der Waals surface area (Å²) >= 11 is 6.06. The Morgan fingerprint density at radius 2 is 1.89 bits per heavy atom. The van der Waals surface area contributed by atoms with Crippen LogP contribution in [0.25, 0.3) is 0 Å². The molecule has 1 amide bonds. The number of nitrogens with zero attached hydrogens (tertiary/aromatic N) is 3. The van der Waals surface area contributed by atoms with Crippen molar-refractivity contribution in [3.05, 3.63) is 65.3 Å². The molecule has 0 atom stereocenters. The van der Waals surface area contributed by atoms with Crippen LogP contribution in [0.5, 0.6) is 5.75 Å². The molecule has 1 heterocycles. The van der Waals surface area contributed by atoms with Gasteiger partial charge in [-0.2, -0.15) is 5.26 Å². The number of nitrogens with one attached hydrogen (secondary N) is 1. The third-order valence-electron chi connectivity index (χ3n) is 4.51. The van der Waals surface area contributed by atoms with Crippen LogP contribution >= 0.6 is 11.6 Å². The predicted octanol–water partition coefficient (Wildman–Crippen LogP) is 3.52. The first-order valence-corrected chi connectivity index (χ1v) is 9.29. The average Bonchev–Trinajstić information content (AvgIpc) is 2.73. The maximum Gasteiger partial charge on any atom is 0.267 e. The first-order valence-electron chi connectivity index (χ1n) is 8.91. The lowest BCUT2D eigenvalue weighted by Crippen LogP contribution is -2.44. The van der Waals surface area contributed by atoms with Crippen LogP contribution in [0, 0.1) is 11.3 Å². The van der Waals surface area contributed by atoms with Crippen molar-refractivity contribution in [1.82, 2.24) is 4.90 Å². The van der Waals surface area contributed by atoms with E-state index in [9.17, 15) is 10.1 Å². The Kier molecular flexibility index (Phi) is 6.41.